The number of amides is 1. The number of ether oxygens (including phenoxy) is 4. The zero-order valence-electron chi connectivity index (χ0n) is 23.9. The summed E-state index contributed by atoms with van der Waals surface area (Å²) < 4.78 is 23.7. The van der Waals surface area contributed by atoms with Crippen molar-refractivity contribution in [2.24, 2.45) is 5.73 Å². The highest BCUT2D eigenvalue weighted by atomic mass is 16.5. The van der Waals surface area contributed by atoms with Gasteiger partial charge in [-0.25, -0.2) is 0 Å². The molecule has 3 aromatic rings. The molecule has 2 atom stereocenters. The van der Waals surface area contributed by atoms with Crippen LogP contribution in [0.3, 0.4) is 0 Å². The summed E-state index contributed by atoms with van der Waals surface area (Å²) in [6, 6.07) is 26.1. The van der Waals surface area contributed by atoms with Crippen LogP contribution in [0.15, 0.2) is 78.9 Å². The van der Waals surface area contributed by atoms with Crippen molar-refractivity contribution in [1.29, 1.82) is 0 Å². The van der Waals surface area contributed by atoms with Crippen molar-refractivity contribution >= 4 is 5.91 Å². The van der Waals surface area contributed by atoms with Crippen molar-refractivity contribution in [2.45, 2.75) is 49.9 Å². The molecule has 7 nitrogen and oxygen atoms in total. The summed E-state index contributed by atoms with van der Waals surface area (Å²) in [5.41, 5.74) is 7.63. The molecule has 0 spiro atoms. The van der Waals surface area contributed by atoms with Crippen molar-refractivity contribution in [1.82, 2.24) is 4.90 Å². The Bertz CT molecular complexity index is 1140. The number of hydrogen-bond donors (Lipinski definition) is 1. The number of benzene rings is 3. The topological polar surface area (TPSA) is 83.2 Å². The molecule has 40 heavy (non-hydrogen) atoms. The van der Waals surface area contributed by atoms with Gasteiger partial charge >= 0.3 is 0 Å². The average Bonchev–Trinajstić information content (AvgIpc) is 3.44. The molecule has 3 aromatic carbocycles. The molecule has 1 aliphatic heterocycles. The highest BCUT2D eigenvalue weighted by molar-refractivity contribution is 5.77. The molecule has 0 aliphatic carbocycles. The number of rotatable bonds is 14. The van der Waals surface area contributed by atoms with Crippen LogP contribution in [0.4, 0.5) is 0 Å². The molecule has 7 heteroatoms. The second kappa shape index (κ2) is 14.3. The molecule has 0 bridgehead atoms. The molecular formula is C33H42N2O5. The molecule has 4 rings (SSSR count). The summed E-state index contributed by atoms with van der Waals surface area (Å²) in [6.07, 6.45) is 3.94. The van der Waals surface area contributed by atoms with Gasteiger partial charge in [0.05, 0.1) is 33.0 Å². The number of nitrogens with zero attached hydrogens (tertiary/aromatic N) is 1. The second-order valence-corrected chi connectivity index (χ2v) is 10.2. The summed E-state index contributed by atoms with van der Waals surface area (Å²) in [7, 11) is 5.03. The molecule has 1 saturated heterocycles. The predicted molar refractivity (Wildman–Crippen MR) is 157 cm³/mol. The second-order valence-electron chi connectivity index (χ2n) is 10.2. The third-order valence-corrected chi connectivity index (χ3v) is 7.79. The molecule has 0 saturated carbocycles. The zero-order valence-corrected chi connectivity index (χ0v) is 23.9. The van der Waals surface area contributed by atoms with Crippen LogP contribution in [0.25, 0.3) is 0 Å². The van der Waals surface area contributed by atoms with E-state index in [1.54, 1.807) is 21.3 Å². The Hall–Kier alpha value is -3.39. The maximum atomic E-state index is 13.3. The molecular weight excluding hydrogens is 504 g/mol. The van der Waals surface area contributed by atoms with Crippen LogP contribution >= 0.6 is 0 Å². The Balaban J connectivity index is 1.71. The summed E-state index contributed by atoms with van der Waals surface area (Å²) in [6.45, 7) is 1.57. The van der Waals surface area contributed by atoms with Crippen LogP contribution in [-0.2, 0) is 19.9 Å². The molecule has 1 amide bonds. The van der Waals surface area contributed by atoms with Crippen molar-refractivity contribution in [3.63, 3.8) is 0 Å². The highest BCUT2D eigenvalue weighted by Crippen LogP contribution is 2.42. The fraction of sp³-hybridized carbons (Fsp3) is 0.424. The van der Waals surface area contributed by atoms with Crippen molar-refractivity contribution in [3.05, 3.63) is 95.6 Å². The van der Waals surface area contributed by atoms with Crippen molar-refractivity contribution in [2.75, 3.05) is 41.0 Å². The summed E-state index contributed by atoms with van der Waals surface area (Å²) >= 11 is 0. The van der Waals surface area contributed by atoms with Crippen LogP contribution < -0.4 is 15.2 Å². The first-order valence-electron chi connectivity index (χ1n) is 14.1. The molecule has 0 unspecified atom stereocenters. The van der Waals surface area contributed by atoms with E-state index >= 15 is 0 Å². The van der Waals surface area contributed by atoms with E-state index in [1.807, 2.05) is 71.6 Å². The van der Waals surface area contributed by atoms with Gasteiger partial charge in [0, 0.05) is 20.1 Å². The van der Waals surface area contributed by atoms with Crippen LogP contribution in [0, 0.1) is 0 Å². The van der Waals surface area contributed by atoms with E-state index in [0.29, 0.717) is 26.1 Å². The van der Waals surface area contributed by atoms with Gasteiger partial charge in [0.25, 0.3) is 0 Å². The molecule has 1 aliphatic rings. The minimum absolute atomic E-state index is 0.0188. The first-order chi connectivity index (χ1) is 19.5. The number of unbranched alkanes of at least 4 members (excludes halogenated alkanes) is 2. The van der Waals surface area contributed by atoms with E-state index in [2.05, 4.69) is 12.1 Å². The Kier molecular flexibility index (Phi) is 10.6. The fourth-order valence-corrected chi connectivity index (χ4v) is 5.54. The number of methoxy groups -OCH3 is 3. The standard InChI is InChI=1S/C33H42N2O5/c1-37-29-17-13-26(14-18-29)33(25-10-6-4-7-11-25,27-15-19-30(38-2)20-16-27)40-24-28-22-31(39-3)23-35(28)32(36)12-8-5-9-21-34/h4,6-7,10-11,13-20,28,31H,5,8-9,12,21-24,34H2,1-3H3/t28-,31+/m0/s1. The van der Waals surface area contributed by atoms with Gasteiger partial charge in [-0.2, -0.15) is 0 Å². The van der Waals surface area contributed by atoms with Gasteiger partial charge in [-0.3, -0.25) is 4.79 Å². The zero-order chi connectivity index (χ0) is 28.4. The third-order valence-electron chi connectivity index (χ3n) is 7.79. The Labute approximate surface area is 238 Å². The maximum Gasteiger partial charge on any atom is 0.222 e. The fourth-order valence-electron chi connectivity index (χ4n) is 5.54. The van der Waals surface area contributed by atoms with Crippen LogP contribution in [0.1, 0.15) is 48.8 Å². The Morgan fingerprint density at radius 1 is 0.825 bits per heavy atom. The maximum absolute atomic E-state index is 13.3. The number of carbonyl (C=O) groups is 1. The largest absolute Gasteiger partial charge is 0.497 e. The first kappa shape index (κ1) is 29.6. The molecule has 0 aromatic heterocycles. The summed E-state index contributed by atoms with van der Waals surface area (Å²) in [5.74, 6) is 1.68. The van der Waals surface area contributed by atoms with Gasteiger partial charge in [0.1, 0.15) is 17.1 Å². The van der Waals surface area contributed by atoms with Gasteiger partial charge in [-0.1, -0.05) is 61.0 Å². The van der Waals surface area contributed by atoms with E-state index in [9.17, 15) is 4.79 Å². The number of carbonyl (C=O) groups excluding carboxylic acids is 1. The average molecular weight is 547 g/mol. The summed E-state index contributed by atoms with van der Waals surface area (Å²) in [5, 5.41) is 0. The van der Waals surface area contributed by atoms with Crippen LogP contribution in [0.2, 0.25) is 0 Å². The SMILES string of the molecule is COc1ccc(C(OC[C@@H]2C[C@@H](OC)CN2C(=O)CCCCCN)(c2ccccc2)c2ccc(OC)cc2)cc1. The predicted octanol–water partition coefficient (Wildman–Crippen LogP) is 5.15. The lowest BCUT2D eigenvalue weighted by Crippen LogP contribution is -2.42. The lowest BCUT2D eigenvalue weighted by Gasteiger charge is -2.38. The van der Waals surface area contributed by atoms with E-state index in [4.69, 9.17) is 24.7 Å². The minimum atomic E-state index is -0.930. The smallest absolute Gasteiger partial charge is 0.222 e. The first-order valence-corrected chi connectivity index (χ1v) is 14.1. The molecule has 0 radical (unpaired) electrons. The van der Waals surface area contributed by atoms with Crippen molar-refractivity contribution in [3.8, 4) is 11.5 Å². The van der Waals surface area contributed by atoms with Gasteiger partial charge in [0.15, 0.2) is 0 Å². The van der Waals surface area contributed by atoms with E-state index in [-0.39, 0.29) is 18.1 Å². The lowest BCUT2D eigenvalue weighted by molar-refractivity contribution is -0.134. The Morgan fingerprint density at radius 3 is 1.93 bits per heavy atom. The van der Waals surface area contributed by atoms with E-state index < -0.39 is 5.60 Å². The number of nitrogens with two attached hydrogens (primary N) is 1. The summed E-state index contributed by atoms with van der Waals surface area (Å²) in [4.78, 5) is 15.3. The third kappa shape index (κ3) is 6.66. The lowest BCUT2D eigenvalue weighted by atomic mass is 9.80. The van der Waals surface area contributed by atoms with Gasteiger partial charge in [0.2, 0.25) is 5.91 Å². The monoisotopic (exact) mass is 546 g/mol. The number of likely N-dealkylation sites (tertiary alicyclic amines) is 1. The highest BCUT2D eigenvalue weighted by Gasteiger charge is 2.41. The molecule has 1 heterocycles. The quantitative estimate of drug-likeness (QED) is 0.223. The van der Waals surface area contributed by atoms with E-state index in [1.165, 1.54) is 0 Å². The van der Waals surface area contributed by atoms with Crippen molar-refractivity contribution < 1.29 is 23.7 Å². The number of hydrogen-bond acceptors (Lipinski definition) is 6. The molecule has 214 valence electrons. The molecule has 1 fully saturated rings. The normalized spacial score (nSPS) is 17.1. The van der Waals surface area contributed by atoms with E-state index in [0.717, 1.165) is 53.9 Å². The van der Waals surface area contributed by atoms with Gasteiger partial charge < -0.3 is 29.6 Å². The minimum Gasteiger partial charge on any atom is -0.497 e. The van der Waals surface area contributed by atoms with Gasteiger partial charge in [-0.15, -0.1) is 0 Å². The van der Waals surface area contributed by atoms with Crippen LogP contribution in [0.5, 0.6) is 11.5 Å². The van der Waals surface area contributed by atoms with Crippen LogP contribution in [-0.4, -0.2) is 64.0 Å². The Morgan fingerprint density at radius 2 is 1.40 bits per heavy atom. The molecule has 2 N–H and O–H groups in total. The van der Waals surface area contributed by atoms with Gasteiger partial charge in [-0.05, 0) is 66.8 Å².